The van der Waals surface area contributed by atoms with E-state index in [1.807, 2.05) is 18.2 Å². The first kappa shape index (κ1) is 18.5. The molecule has 2 aromatic carbocycles. The van der Waals surface area contributed by atoms with Crippen molar-refractivity contribution in [3.8, 4) is 5.75 Å². The van der Waals surface area contributed by atoms with Crippen LogP contribution in [-0.4, -0.2) is 47.0 Å². The van der Waals surface area contributed by atoms with Gasteiger partial charge in [-0.25, -0.2) is 0 Å². The number of aliphatic hydroxyl groups excluding tert-OH is 2. The topological polar surface area (TPSA) is 52.9 Å². The summed E-state index contributed by atoms with van der Waals surface area (Å²) in [6.07, 6.45) is 4.41. The van der Waals surface area contributed by atoms with Crippen molar-refractivity contribution in [1.82, 2.24) is 4.90 Å². The molecule has 2 aliphatic heterocycles. The molecular weight excluding hydrogens is 338 g/mol. The van der Waals surface area contributed by atoms with Gasteiger partial charge in [0.25, 0.3) is 0 Å². The lowest BCUT2D eigenvalue weighted by Gasteiger charge is -2.36. The largest absolute Gasteiger partial charge is 0.491 e. The van der Waals surface area contributed by atoms with Crippen molar-refractivity contribution in [2.45, 2.75) is 44.3 Å². The molecule has 2 bridgehead atoms. The monoisotopic (exact) mass is 367 g/mol. The van der Waals surface area contributed by atoms with Crippen LogP contribution in [0.5, 0.6) is 5.75 Å². The summed E-state index contributed by atoms with van der Waals surface area (Å²) in [6.45, 7) is 1.49. The van der Waals surface area contributed by atoms with E-state index in [1.54, 1.807) is 0 Å². The third kappa shape index (κ3) is 3.75. The minimum Gasteiger partial charge on any atom is -0.491 e. The van der Waals surface area contributed by atoms with E-state index in [9.17, 15) is 5.11 Å². The van der Waals surface area contributed by atoms with Crippen LogP contribution in [0.3, 0.4) is 0 Å². The summed E-state index contributed by atoms with van der Waals surface area (Å²) < 4.78 is 5.56. The molecule has 0 aliphatic carbocycles. The molecular formula is C23H29NO3. The van der Waals surface area contributed by atoms with Gasteiger partial charge in [0.2, 0.25) is 0 Å². The average Bonchev–Trinajstić information content (AvgIpc) is 3.22. The van der Waals surface area contributed by atoms with E-state index in [0.29, 0.717) is 18.7 Å². The van der Waals surface area contributed by atoms with Crippen LogP contribution in [0.1, 0.15) is 30.4 Å². The van der Waals surface area contributed by atoms with Crippen LogP contribution >= 0.6 is 0 Å². The van der Waals surface area contributed by atoms with Crippen molar-refractivity contribution < 1.29 is 14.9 Å². The van der Waals surface area contributed by atoms with Gasteiger partial charge in [-0.05, 0) is 48.9 Å². The van der Waals surface area contributed by atoms with Gasteiger partial charge in [0.05, 0.1) is 13.2 Å². The second kappa shape index (κ2) is 8.01. The first-order valence-corrected chi connectivity index (χ1v) is 9.97. The highest BCUT2D eigenvalue weighted by Crippen LogP contribution is 2.51. The van der Waals surface area contributed by atoms with Crippen LogP contribution in [0.2, 0.25) is 0 Å². The molecule has 0 radical (unpaired) electrons. The highest BCUT2D eigenvalue weighted by Gasteiger charge is 2.55. The van der Waals surface area contributed by atoms with E-state index in [0.717, 1.165) is 25.1 Å². The molecule has 27 heavy (non-hydrogen) atoms. The van der Waals surface area contributed by atoms with E-state index in [-0.39, 0.29) is 18.6 Å². The fourth-order valence-corrected chi connectivity index (χ4v) is 5.18. The molecule has 2 aliphatic rings. The summed E-state index contributed by atoms with van der Waals surface area (Å²) in [5.74, 6) is 0.811. The average molecular weight is 367 g/mol. The van der Waals surface area contributed by atoms with Crippen molar-refractivity contribution in [3.63, 3.8) is 0 Å². The Morgan fingerprint density at radius 2 is 1.81 bits per heavy atom. The Morgan fingerprint density at radius 1 is 1.00 bits per heavy atom. The predicted molar refractivity (Wildman–Crippen MR) is 106 cm³/mol. The van der Waals surface area contributed by atoms with Gasteiger partial charge in [0, 0.05) is 24.0 Å². The third-order valence-electron chi connectivity index (χ3n) is 6.33. The molecule has 0 aromatic heterocycles. The zero-order valence-electron chi connectivity index (χ0n) is 15.8. The molecule has 4 rings (SSSR count). The molecule has 0 saturated carbocycles. The highest BCUT2D eigenvalue weighted by atomic mass is 16.5. The maximum absolute atomic E-state index is 10.4. The fraction of sp³-hybridized carbons (Fsp3) is 0.478. The maximum Gasteiger partial charge on any atom is 0.119 e. The number of nitrogens with zero attached hydrogens (tertiary/aromatic N) is 1. The summed E-state index contributed by atoms with van der Waals surface area (Å²) in [5, 5.41) is 19.3. The normalized spacial score (nSPS) is 27.2. The molecule has 0 amide bonds. The zero-order chi connectivity index (χ0) is 18.7. The van der Waals surface area contributed by atoms with Crippen LogP contribution in [0.4, 0.5) is 0 Å². The first-order valence-electron chi connectivity index (χ1n) is 9.97. The van der Waals surface area contributed by atoms with E-state index in [4.69, 9.17) is 9.84 Å². The molecule has 2 fully saturated rings. The smallest absolute Gasteiger partial charge is 0.119 e. The van der Waals surface area contributed by atoms with Gasteiger partial charge in [-0.1, -0.05) is 42.5 Å². The molecule has 0 spiro atoms. The van der Waals surface area contributed by atoms with Gasteiger partial charge >= 0.3 is 0 Å². The lowest BCUT2D eigenvalue weighted by Crippen LogP contribution is -2.41. The predicted octanol–water partition coefficient (Wildman–Crippen LogP) is 3.02. The van der Waals surface area contributed by atoms with E-state index >= 15 is 0 Å². The van der Waals surface area contributed by atoms with Gasteiger partial charge in [-0.15, -0.1) is 0 Å². The molecule has 2 aromatic rings. The molecule has 144 valence electrons. The second-order valence-electron chi connectivity index (χ2n) is 8.03. The van der Waals surface area contributed by atoms with Crippen LogP contribution in [-0.2, 0) is 13.0 Å². The van der Waals surface area contributed by atoms with E-state index < -0.39 is 0 Å². The van der Waals surface area contributed by atoms with Crippen LogP contribution < -0.4 is 4.74 Å². The van der Waals surface area contributed by atoms with Gasteiger partial charge in [0.15, 0.2) is 0 Å². The second-order valence-corrected chi connectivity index (χ2v) is 8.03. The molecule has 4 nitrogen and oxygen atoms in total. The van der Waals surface area contributed by atoms with E-state index in [1.165, 1.54) is 24.0 Å². The number of benzene rings is 2. The Bertz CT molecular complexity index is 750. The number of fused-ring (bicyclic) bond motifs is 2. The number of hydrogen-bond donors (Lipinski definition) is 2. The minimum absolute atomic E-state index is 0.0268. The third-order valence-corrected chi connectivity index (χ3v) is 6.33. The summed E-state index contributed by atoms with van der Waals surface area (Å²) in [6, 6.07) is 19.7. The Kier molecular flexibility index (Phi) is 5.48. The Hall–Kier alpha value is -1.88. The Morgan fingerprint density at radius 3 is 2.59 bits per heavy atom. The van der Waals surface area contributed by atoms with Crippen LogP contribution in [0, 0.1) is 5.41 Å². The maximum atomic E-state index is 10.4. The standard InChI is InChI=1S/C23H29NO3/c25-11-12-27-21-8-4-7-19(13-21)16-24-20-9-10-22(24)23(15-20,17-26)14-18-5-2-1-3-6-18/h1-8,13,20,22,25-26H,9-12,14-17H2/t20-,22+,23-/m0/s1. The molecule has 0 unspecified atom stereocenters. The number of hydrogen-bond acceptors (Lipinski definition) is 4. The minimum atomic E-state index is -0.0325. The van der Waals surface area contributed by atoms with E-state index in [2.05, 4.69) is 41.3 Å². The van der Waals surface area contributed by atoms with Gasteiger partial charge in [0.1, 0.15) is 12.4 Å². The summed E-state index contributed by atoms with van der Waals surface area (Å²) in [7, 11) is 0. The molecule has 4 heteroatoms. The first-order chi connectivity index (χ1) is 13.2. The fourth-order valence-electron chi connectivity index (χ4n) is 5.18. The van der Waals surface area contributed by atoms with Crippen molar-refractivity contribution in [2.75, 3.05) is 19.8 Å². The van der Waals surface area contributed by atoms with Gasteiger partial charge in [-0.3, -0.25) is 4.90 Å². The van der Waals surface area contributed by atoms with Crippen molar-refractivity contribution in [2.24, 2.45) is 5.41 Å². The quantitative estimate of drug-likeness (QED) is 0.753. The summed E-state index contributed by atoms with van der Waals surface area (Å²) in [5.41, 5.74) is 2.52. The van der Waals surface area contributed by atoms with Crippen molar-refractivity contribution >= 4 is 0 Å². The molecule has 3 atom stereocenters. The lowest BCUT2D eigenvalue weighted by molar-refractivity contribution is 0.0750. The van der Waals surface area contributed by atoms with Crippen LogP contribution in [0.15, 0.2) is 54.6 Å². The summed E-state index contributed by atoms with van der Waals surface area (Å²) in [4.78, 5) is 2.60. The molecule has 2 heterocycles. The molecule has 2 N–H and O–H groups in total. The Labute approximate surface area is 161 Å². The lowest BCUT2D eigenvalue weighted by atomic mass is 9.70. The van der Waals surface area contributed by atoms with Crippen molar-refractivity contribution in [1.29, 1.82) is 0 Å². The summed E-state index contributed by atoms with van der Waals surface area (Å²) >= 11 is 0. The highest BCUT2D eigenvalue weighted by molar-refractivity contribution is 5.29. The van der Waals surface area contributed by atoms with Crippen LogP contribution in [0.25, 0.3) is 0 Å². The SMILES string of the molecule is OCCOc1cccc(CN2[C@H]3CC[C@@H]2[C@@](CO)(Cc2ccccc2)C3)c1. The Balaban J connectivity index is 1.50. The van der Waals surface area contributed by atoms with Gasteiger partial charge in [-0.2, -0.15) is 0 Å². The molecule has 2 saturated heterocycles. The number of rotatable bonds is 8. The number of aliphatic hydroxyl groups is 2. The van der Waals surface area contributed by atoms with Crippen molar-refractivity contribution in [3.05, 3.63) is 65.7 Å². The number of ether oxygens (including phenoxy) is 1. The zero-order valence-corrected chi connectivity index (χ0v) is 15.8. The van der Waals surface area contributed by atoms with Gasteiger partial charge < -0.3 is 14.9 Å².